The minimum absolute atomic E-state index is 0.0340. The Bertz CT molecular complexity index is 274. The molecule has 0 aromatic rings. The van der Waals surface area contributed by atoms with Crippen LogP contribution in [0.25, 0.3) is 0 Å². The van der Waals surface area contributed by atoms with Gasteiger partial charge in [-0.15, -0.1) is 0 Å². The van der Waals surface area contributed by atoms with Gasteiger partial charge in [0.25, 0.3) is 0 Å². The molecule has 0 aromatic heterocycles. The van der Waals surface area contributed by atoms with E-state index < -0.39 is 8.32 Å². The third kappa shape index (κ3) is 3.08. The topological polar surface area (TPSA) is 18.5 Å². The van der Waals surface area contributed by atoms with Gasteiger partial charge in [0.1, 0.15) is 6.29 Å². The summed E-state index contributed by atoms with van der Waals surface area (Å²) >= 11 is 0. The lowest BCUT2D eigenvalue weighted by molar-refractivity contribution is -0.0554. The van der Waals surface area contributed by atoms with E-state index in [0.29, 0.717) is 5.73 Å². The van der Waals surface area contributed by atoms with Crippen LogP contribution >= 0.6 is 0 Å². The first-order valence-corrected chi connectivity index (χ1v) is 9.92. The molecule has 1 rings (SSSR count). The molecule has 1 heterocycles. The van der Waals surface area contributed by atoms with Gasteiger partial charge in [0, 0.05) is 0 Å². The summed E-state index contributed by atoms with van der Waals surface area (Å²) in [7, 11) is -2.01. The molecule has 2 nitrogen and oxygen atoms in total. The Morgan fingerprint density at radius 2 is 1.32 bits per heavy atom. The first kappa shape index (κ1) is 17.2. The maximum atomic E-state index is 6.70. The Morgan fingerprint density at radius 1 is 0.842 bits per heavy atom. The zero-order valence-electron chi connectivity index (χ0n) is 14.3. The molecule has 1 fully saturated rings. The van der Waals surface area contributed by atoms with Crippen molar-refractivity contribution in [2.24, 2.45) is 0 Å². The molecular weight excluding hydrogens is 252 g/mol. The van der Waals surface area contributed by atoms with Crippen molar-refractivity contribution in [2.75, 3.05) is 0 Å². The van der Waals surface area contributed by atoms with Crippen molar-refractivity contribution in [2.45, 2.75) is 103 Å². The number of hydrogen-bond donors (Lipinski definition) is 0. The van der Waals surface area contributed by atoms with Crippen molar-refractivity contribution < 1.29 is 9.16 Å². The monoisotopic (exact) mass is 286 g/mol. The first-order valence-electron chi connectivity index (χ1n) is 7.93. The summed E-state index contributed by atoms with van der Waals surface area (Å²) in [5.74, 6) is 0. The van der Waals surface area contributed by atoms with E-state index in [-0.39, 0.29) is 16.4 Å². The zero-order chi connectivity index (χ0) is 14.9. The SMILES string of the molecule is CCC[C@@H]1O[C@H](CCC)[Si](C(C)(C)C)(C(C)(C)C)O1. The van der Waals surface area contributed by atoms with Crippen LogP contribution in [0.2, 0.25) is 10.1 Å². The van der Waals surface area contributed by atoms with Crippen LogP contribution in [0.3, 0.4) is 0 Å². The smallest absolute Gasteiger partial charge is 0.235 e. The molecule has 2 atom stereocenters. The van der Waals surface area contributed by atoms with Crippen molar-refractivity contribution in [3.05, 3.63) is 0 Å². The van der Waals surface area contributed by atoms with Crippen LogP contribution in [0.1, 0.15) is 81.1 Å². The van der Waals surface area contributed by atoms with Crippen molar-refractivity contribution >= 4 is 8.32 Å². The second-order valence-electron chi connectivity index (χ2n) is 7.99. The highest BCUT2D eigenvalue weighted by Crippen LogP contribution is 2.58. The fraction of sp³-hybridized carbons (Fsp3) is 1.00. The molecule has 1 aliphatic rings. The third-order valence-corrected chi connectivity index (χ3v) is 10.8. The van der Waals surface area contributed by atoms with Crippen LogP contribution in [-0.2, 0) is 9.16 Å². The minimum atomic E-state index is -2.01. The zero-order valence-corrected chi connectivity index (χ0v) is 15.3. The Labute approximate surface area is 121 Å². The number of hydrogen-bond acceptors (Lipinski definition) is 2. The average Bonchev–Trinajstić information content (AvgIpc) is 2.57. The van der Waals surface area contributed by atoms with Gasteiger partial charge in [0.05, 0.1) is 5.73 Å². The van der Waals surface area contributed by atoms with Gasteiger partial charge in [0.2, 0.25) is 8.32 Å². The predicted molar refractivity (Wildman–Crippen MR) is 84.7 cm³/mol. The maximum absolute atomic E-state index is 6.70. The largest absolute Gasteiger partial charge is 0.389 e. The number of rotatable bonds is 4. The van der Waals surface area contributed by atoms with E-state index in [9.17, 15) is 0 Å². The summed E-state index contributed by atoms with van der Waals surface area (Å²) in [5.41, 5.74) is 0.342. The van der Waals surface area contributed by atoms with Gasteiger partial charge >= 0.3 is 0 Å². The van der Waals surface area contributed by atoms with Gasteiger partial charge in [-0.05, 0) is 22.9 Å². The van der Waals surface area contributed by atoms with Crippen LogP contribution in [0.5, 0.6) is 0 Å². The molecule has 114 valence electrons. The molecule has 0 aliphatic carbocycles. The van der Waals surface area contributed by atoms with E-state index >= 15 is 0 Å². The van der Waals surface area contributed by atoms with Crippen molar-refractivity contribution in [1.82, 2.24) is 0 Å². The predicted octanol–water partition coefficient (Wildman–Crippen LogP) is 5.41. The summed E-state index contributed by atoms with van der Waals surface area (Å²) in [6, 6.07) is 0. The normalized spacial score (nSPS) is 27.8. The molecule has 0 bridgehead atoms. The van der Waals surface area contributed by atoms with Crippen LogP contribution in [0.4, 0.5) is 0 Å². The summed E-state index contributed by atoms with van der Waals surface area (Å²) in [4.78, 5) is 0. The molecule has 19 heavy (non-hydrogen) atoms. The average molecular weight is 287 g/mol. The highest BCUT2D eigenvalue weighted by Gasteiger charge is 2.64. The van der Waals surface area contributed by atoms with Gasteiger partial charge < -0.3 is 9.16 Å². The molecule has 1 aliphatic heterocycles. The van der Waals surface area contributed by atoms with Crippen molar-refractivity contribution in [3.8, 4) is 0 Å². The molecule has 0 N–H and O–H groups in total. The maximum Gasteiger partial charge on any atom is 0.235 e. The molecular formula is C16H34O2Si. The molecule has 0 unspecified atom stereocenters. The van der Waals surface area contributed by atoms with Gasteiger partial charge in [-0.1, -0.05) is 68.2 Å². The lowest BCUT2D eigenvalue weighted by atomic mass is 10.2. The van der Waals surface area contributed by atoms with E-state index in [1.807, 2.05) is 0 Å². The summed E-state index contributed by atoms with van der Waals surface area (Å²) in [5, 5.41) is 0.404. The van der Waals surface area contributed by atoms with Gasteiger partial charge in [0.15, 0.2) is 0 Å². The Kier molecular flexibility index (Phi) is 5.31. The fourth-order valence-corrected chi connectivity index (χ4v) is 10.6. The van der Waals surface area contributed by atoms with E-state index in [0.717, 1.165) is 19.3 Å². The standard InChI is InChI=1S/C16H34O2Si/c1-9-11-13-17-14(12-10-2)19(18-13,15(3,4)5)16(6,7)8/h13-14H,9-12H2,1-8H3/t13-,14+/m1/s1. The van der Waals surface area contributed by atoms with Crippen LogP contribution in [0.15, 0.2) is 0 Å². The molecule has 0 saturated carbocycles. The summed E-state index contributed by atoms with van der Waals surface area (Å²) in [6.07, 6.45) is 4.50. The van der Waals surface area contributed by atoms with Crippen LogP contribution in [0, 0.1) is 0 Å². The summed E-state index contributed by atoms with van der Waals surface area (Å²) in [6.45, 7) is 18.6. The Morgan fingerprint density at radius 3 is 1.68 bits per heavy atom. The van der Waals surface area contributed by atoms with Crippen LogP contribution < -0.4 is 0 Å². The van der Waals surface area contributed by atoms with Gasteiger partial charge in [-0.3, -0.25) is 0 Å². The highest BCUT2D eigenvalue weighted by molar-refractivity contribution is 6.81. The molecule has 1 saturated heterocycles. The van der Waals surface area contributed by atoms with E-state index in [1.54, 1.807) is 0 Å². The second kappa shape index (κ2) is 5.86. The number of ether oxygens (including phenoxy) is 1. The van der Waals surface area contributed by atoms with Crippen molar-refractivity contribution in [3.63, 3.8) is 0 Å². The Balaban J connectivity index is 3.18. The molecule has 0 spiro atoms. The second-order valence-corrected chi connectivity index (χ2v) is 13.3. The minimum Gasteiger partial charge on any atom is -0.389 e. The van der Waals surface area contributed by atoms with E-state index in [2.05, 4.69) is 55.4 Å². The molecule has 0 radical (unpaired) electrons. The van der Waals surface area contributed by atoms with E-state index in [4.69, 9.17) is 9.16 Å². The summed E-state index contributed by atoms with van der Waals surface area (Å²) < 4.78 is 13.1. The lowest BCUT2D eigenvalue weighted by Crippen LogP contribution is -2.60. The molecule has 0 aromatic carbocycles. The van der Waals surface area contributed by atoms with Crippen LogP contribution in [-0.4, -0.2) is 20.3 Å². The van der Waals surface area contributed by atoms with Gasteiger partial charge in [-0.25, -0.2) is 0 Å². The molecule has 3 heteroatoms. The highest BCUT2D eigenvalue weighted by atomic mass is 28.4. The molecule has 0 amide bonds. The van der Waals surface area contributed by atoms with E-state index in [1.165, 1.54) is 6.42 Å². The lowest BCUT2D eigenvalue weighted by Gasteiger charge is -2.49. The third-order valence-electron chi connectivity index (χ3n) is 4.39. The van der Waals surface area contributed by atoms with Crippen molar-refractivity contribution in [1.29, 1.82) is 0 Å². The quantitative estimate of drug-likeness (QED) is 0.643. The van der Waals surface area contributed by atoms with Gasteiger partial charge in [-0.2, -0.15) is 0 Å². The Hall–Kier alpha value is 0.137. The first-order chi connectivity index (χ1) is 8.60. The fourth-order valence-electron chi connectivity index (χ4n) is 3.93.